The highest BCUT2D eigenvalue weighted by atomic mass is 127. The Labute approximate surface area is 117 Å². The molecular formula is C14H19IO2. The summed E-state index contributed by atoms with van der Waals surface area (Å²) in [6.45, 7) is 6.03. The highest BCUT2D eigenvalue weighted by Crippen LogP contribution is 2.25. The molecule has 2 nitrogen and oxygen atoms in total. The Morgan fingerprint density at radius 2 is 2.06 bits per heavy atom. The summed E-state index contributed by atoms with van der Waals surface area (Å²) in [7, 11) is 0. The first-order chi connectivity index (χ1) is 7.86. The van der Waals surface area contributed by atoms with Gasteiger partial charge >= 0.3 is 0 Å². The molecule has 0 aliphatic carbocycles. The van der Waals surface area contributed by atoms with Crippen molar-refractivity contribution < 1.29 is 9.90 Å². The van der Waals surface area contributed by atoms with E-state index in [1.54, 1.807) is 6.07 Å². The zero-order valence-corrected chi connectivity index (χ0v) is 12.7. The lowest BCUT2D eigenvalue weighted by Gasteiger charge is -2.20. The smallest absolute Gasteiger partial charge is 0.138 e. The fourth-order valence-electron chi connectivity index (χ4n) is 1.50. The number of ketones is 1. The van der Waals surface area contributed by atoms with E-state index in [4.69, 9.17) is 0 Å². The molecule has 0 atom stereocenters. The van der Waals surface area contributed by atoms with Gasteiger partial charge in [-0.1, -0.05) is 26.8 Å². The Kier molecular flexibility index (Phi) is 4.98. The van der Waals surface area contributed by atoms with Crippen LogP contribution in [0.5, 0.6) is 5.75 Å². The second kappa shape index (κ2) is 5.85. The lowest BCUT2D eigenvalue weighted by atomic mass is 9.83. The fraction of sp³-hybridized carbons (Fsp3) is 0.500. The molecule has 0 aliphatic rings. The average molecular weight is 346 g/mol. The molecule has 0 saturated carbocycles. The van der Waals surface area contributed by atoms with Gasteiger partial charge in [0.25, 0.3) is 0 Å². The van der Waals surface area contributed by atoms with Crippen molar-refractivity contribution in [3.63, 3.8) is 0 Å². The number of Topliss-reactive ketones (excluding diaryl/α,β-unsaturated/α-hetero) is 1. The summed E-state index contributed by atoms with van der Waals surface area (Å²) >= 11 is 2.10. The maximum atomic E-state index is 12.0. The molecule has 0 unspecified atom stereocenters. The quantitative estimate of drug-likeness (QED) is 0.820. The third-order valence-electron chi connectivity index (χ3n) is 3.29. The van der Waals surface area contributed by atoms with Gasteiger partial charge in [-0.2, -0.15) is 0 Å². The molecule has 1 aromatic carbocycles. The van der Waals surface area contributed by atoms with Crippen LogP contribution >= 0.6 is 22.6 Å². The van der Waals surface area contributed by atoms with E-state index in [9.17, 15) is 9.90 Å². The van der Waals surface area contributed by atoms with E-state index in [2.05, 4.69) is 22.6 Å². The molecule has 0 fully saturated rings. The topological polar surface area (TPSA) is 37.3 Å². The second-order valence-corrected chi connectivity index (χ2v) is 6.11. The largest absolute Gasteiger partial charge is 0.507 e. The average Bonchev–Trinajstić information content (AvgIpc) is 2.30. The molecule has 0 radical (unpaired) electrons. The molecular weight excluding hydrogens is 327 g/mol. The third kappa shape index (κ3) is 3.98. The molecule has 1 N–H and O–H groups in total. The van der Waals surface area contributed by atoms with Crippen LogP contribution in [0.2, 0.25) is 0 Å². The minimum Gasteiger partial charge on any atom is -0.507 e. The van der Waals surface area contributed by atoms with Gasteiger partial charge in [0.15, 0.2) is 0 Å². The Bertz CT molecular complexity index is 411. The molecule has 1 rings (SSSR count). The number of hydrogen-bond donors (Lipinski definition) is 1. The van der Waals surface area contributed by atoms with E-state index in [1.165, 1.54) is 0 Å². The van der Waals surface area contributed by atoms with E-state index < -0.39 is 0 Å². The van der Waals surface area contributed by atoms with Crippen molar-refractivity contribution >= 4 is 28.4 Å². The zero-order valence-electron chi connectivity index (χ0n) is 10.6. The summed E-state index contributed by atoms with van der Waals surface area (Å²) in [6, 6.07) is 5.50. The SMILES string of the molecule is CCC(C)(C)C(=O)CCc1ccc(O)c(I)c1. The normalized spacial score (nSPS) is 11.5. The number of halogens is 1. The number of aryl methyl sites for hydroxylation is 1. The molecule has 3 heteroatoms. The number of hydrogen-bond acceptors (Lipinski definition) is 2. The van der Waals surface area contributed by atoms with Crippen LogP contribution in [0.4, 0.5) is 0 Å². The molecule has 17 heavy (non-hydrogen) atoms. The monoisotopic (exact) mass is 346 g/mol. The van der Waals surface area contributed by atoms with Crippen molar-refractivity contribution in [2.75, 3.05) is 0 Å². The molecule has 0 aromatic heterocycles. The van der Waals surface area contributed by atoms with Crippen molar-refractivity contribution in [3.05, 3.63) is 27.3 Å². The van der Waals surface area contributed by atoms with Crippen LogP contribution in [0.1, 0.15) is 39.2 Å². The molecule has 94 valence electrons. The van der Waals surface area contributed by atoms with Crippen LogP contribution < -0.4 is 0 Å². The highest BCUT2D eigenvalue weighted by molar-refractivity contribution is 14.1. The molecule has 0 heterocycles. The summed E-state index contributed by atoms with van der Waals surface area (Å²) in [4.78, 5) is 12.0. The van der Waals surface area contributed by atoms with Crippen molar-refractivity contribution in [2.45, 2.75) is 40.0 Å². The van der Waals surface area contributed by atoms with Crippen molar-refractivity contribution in [1.29, 1.82) is 0 Å². The molecule has 1 aromatic rings. The van der Waals surface area contributed by atoms with Crippen molar-refractivity contribution in [3.8, 4) is 5.75 Å². The third-order valence-corrected chi connectivity index (χ3v) is 4.16. The predicted molar refractivity (Wildman–Crippen MR) is 78.2 cm³/mol. The van der Waals surface area contributed by atoms with Gasteiger partial charge in [-0.3, -0.25) is 4.79 Å². The maximum Gasteiger partial charge on any atom is 0.138 e. The van der Waals surface area contributed by atoms with Crippen LogP contribution in [0.25, 0.3) is 0 Å². The van der Waals surface area contributed by atoms with Gasteiger partial charge in [-0.15, -0.1) is 0 Å². The van der Waals surface area contributed by atoms with Gasteiger partial charge in [0.05, 0.1) is 3.57 Å². The standard InChI is InChI=1S/C14H19IO2/c1-4-14(2,3)13(17)8-6-10-5-7-12(16)11(15)9-10/h5,7,9,16H,4,6,8H2,1-3H3. The van der Waals surface area contributed by atoms with E-state index in [0.29, 0.717) is 18.0 Å². The first kappa shape index (κ1) is 14.5. The summed E-state index contributed by atoms with van der Waals surface area (Å²) in [5.41, 5.74) is 0.886. The predicted octanol–water partition coefficient (Wildman–Crippen LogP) is 3.93. The first-order valence-electron chi connectivity index (χ1n) is 5.87. The maximum absolute atomic E-state index is 12.0. The number of phenolic OH excluding ortho intramolecular Hbond substituents is 1. The van der Waals surface area contributed by atoms with Crippen LogP contribution in [0, 0.1) is 8.99 Å². The number of aromatic hydroxyl groups is 1. The second-order valence-electron chi connectivity index (χ2n) is 4.95. The Morgan fingerprint density at radius 3 is 2.59 bits per heavy atom. The van der Waals surface area contributed by atoms with Gasteiger partial charge in [-0.25, -0.2) is 0 Å². The number of phenols is 1. The van der Waals surface area contributed by atoms with Crippen LogP contribution in [0.15, 0.2) is 18.2 Å². The number of benzene rings is 1. The summed E-state index contributed by atoms with van der Waals surface area (Å²) in [5.74, 6) is 0.609. The van der Waals surface area contributed by atoms with Gasteiger partial charge in [0.2, 0.25) is 0 Å². The Morgan fingerprint density at radius 1 is 1.41 bits per heavy atom. The van der Waals surface area contributed by atoms with E-state index in [-0.39, 0.29) is 5.41 Å². The van der Waals surface area contributed by atoms with E-state index in [1.807, 2.05) is 32.9 Å². The summed E-state index contributed by atoms with van der Waals surface area (Å²) in [6.07, 6.45) is 2.19. The minimum absolute atomic E-state index is 0.218. The van der Waals surface area contributed by atoms with Crippen LogP contribution in [0.3, 0.4) is 0 Å². The number of carbonyl (C=O) groups excluding carboxylic acids is 1. The highest BCUT2D eigenvalue weighted by Gasteiger charge is 2.24. The Balaban J connectivity index is 2.62. The van der Waals surface area contributed by atoms with Crippen LogP contribution in [-0.2, 0) is 11.2 Å². The summed E-state index contributed by atoms with van der Waals surface area (Å²) in [5, 5.41) is 9.41. The van der Waals surface area contributed by atoms with Gasteiger partial charge in [-0.05, 0) is 53.1 Å². The number of carbonyl (C=O) groups is 1. The van der Waals surface area contributed by atoms with Crippen molar-refractivity contribution in [2.24, 2.45) is 5.41 Å². The van der Waals surface area contributed by atoms with E-state index >= 15 is 0 Å². The van der Waals surface area contributed by atoms with Gasteiger partial charge < -0.3 is 5.11 Å². The molecule has 0 bridgehead atoms. The van der Waals surface area contributed by atoms with Gasteiger partial charge in [0, 0.05) is 11.8 Å². The molecule has 0 aliphatic heterocycles. The molecule has 0 saturated heterocycles. The Hall–Kier alpha value is -0.580. The minimum atomic E-state index is -0.218. The van der Waals surface area contributed by atoms with Gasteiger partial charge in [0.1, 0.15) is 11.5 Å². The molecule has 0 amide bonds. The lowest BCUT2D eigenvalue weighted by molar-refractivity contribution is -0.127. The fourth-order valence-corrected chi connectivity index (χ4v) is 2.08. The lowest BCUT2D eigenvalue weighted by Crippen LogP contribution is -2.23. The first-order valence-corrected chi connectivity index (χ1v) is 6.95. The number of rotatable bonds is 5. The zero-order chi connectivity index (χ0) is 13.1. The van der Waals surface area contributed by atoms with Crippen molar-refractivity contribution in [1.82, 2.24) is 0 Å². The van der Waals surface area contributed by atoms with E-state index in [0.717, 1.165) is 22.0 Å². The summed E-state index contributed by atoms with van der Waals surface area (Å²) < 4.78 is 0.835. The molecule has 0 spiro atoms. The van der Waals surface area contributed by atoms with Crippen LogP contribution in [-0.4, -0.2) is 10.9 Å².